The van der Waals surface area contributed by atoms with Gasteiger partial charge in [0.2, 0.25) is 0 Å². The molecule has 0 aromatic carbocycles. The molecule has 0 aromatic rings. The predicted molar refractivity (Wildman–Crippen MR) is 72.4 cm³/mol. The van der Waals surface area contributed by atoms with Crippen LogP contribution in [0.2, 0.25) is 0 Å². The number of hydrogen-bond donors (Lipinski definition) is 1. The van der Waals surface area contributed by atoms with Crippen LogP contribution < -0.4 is 5.73 Å². The van der Waals surface area contributed by atoms with Gasteiger partial charge in [0.15, 0.2) is 0 Å². The highest BCUT2D eigenvalue weighted by Gasteiger charge is 2.26. The predicted octanol–water partition coefficient (Wildman–Crippen LogP) is 0.293. The molecule has 1 fully saturated rings. The van der Waals surface area contributed by atoms with E-state index in [0.29, 0.717) is 19.1 Å². The lowest BCUT2D eigenvalue weighted by Crippen LogP contribution is -2.41. The van der Waals surface area contributed by atoms with Crippen molar-refractivity contribution < 1.29 is 9.53 Å². The number of nitrogens with zero attached hydrogens (tertiary/aromatic N) is 2. The Morgan fingerprint density at radius 3 is 2.89 bits per heavy atom. The van der Waals surface area contributed by atoms with Crippen LogP contribution in [0.15, 0.2) is 0 Å². The molecule has 0 spiro atoms. The highest BCUT2D eigenvalue weighted by atomic mass is 16.5. The first-order valence-corrected chi connectivity index (χ1v) is 6.85. The van der Waals surface area contributed by atoms with E-state index in [-0.39, 0.29) is 5.97 Å². The summed E-state index contributed by atoms with van der Waals surface area (Å²) in [7, 11) is 4.20. The molecule has 0 radical (unpaired) electrons. The number of carbonyl (C=O) groups excluding carboxylic acids is 1. The largest absolute Gasteiger partial charge is 0.465 e. The fourth-order valence-corrected chi connectivity index (χ4v) is 2.49. The average molecular weight is 257 g/mol. The summed E-state index contributed by atoms with van der Waals surface area (Å²) < 4.78 is 4.92. The molecule has 0 bridgehead atoms. The van der Waals surface area contributed by atoms with Gasteiger partial charge in [-0.05, 0) is 46.8 Å². The number of hydrogen-bond acceptors (Lipinski definition) is 5. The highest BCUT2D eigenvalue weighted by molar-refractivity contribution is 5.75. The van der Waals surface area contributed by atoms with Crippen LogP contribution >= 0.6 is 0 Å². The molecule has 2 atom stereocenters. The maximum absolute atomic E-state index is 11.4. The molecule has 106 valence electrons. The lowest BCUT2D eigenvalue weighted by atomic mass is 10.2. The van der Waals surface area contributed by atoms with Gasteiger partial charge in [-0.25, -0.2) is 0 Å². The van der Waals surface area contributed by atoms with Crippen LogP contribution in [0.25, 0.3) is 0 Å². The second-order valence-corrected chi connectivity index (χ2v) is 5.24. The number of likely N-dealkylation sites (N-methyl/N-ethyl adjacent to an activating group) is 1. The lowest BCUT2D eigenvalue weighted by Gasteiger charge is -2.27. The van der Waals surface area contributed by atoms with E-state index in [1.807, 2.05) is 0 Å². The van der Waals surface area contributed by atoms with Crippen molar-refractivity contribution in [2.45, 2.75) is 38.3 Å². The summed E-state index contributed by atoms with van der Waals surface area (Å²) in [6, 6.07) is 0.125. The Balaban J connectivity index is 2.31. The molecule has 0 saturated carbocycles. The lowest BCUT2D eigenvalue weighted by molar-refractivity contribution is -0.144. The first-order chi connectivity index (χ1) is 8.54. The number of carbonyl (C=O) groups is 1. The zero-order valence-corrected chi connectivity index (χ0v) is 11.9. The molecule has 1 rings (SSSR count). The minimum absolute atomic E-state index is 0.277. The molecular formula is C13H27N3O2. The molecule has 1 aliphatic rings. The normalized spacial score (nSPS) is 22.4. The van der Waals surface area contributed by atoms with E-state index < -0.39 is 6.04 Å². The molecular weight excluding hydrogens is 230 g/mol. The van der Waals surface area contributed by atoms with Crippen molar-refractivity contribution in [2.24, 2.45) is 5.73 Å². The SMILES string of the molecule is CCOC(=O)C(N)CCN1CCCC1CN(C)C. The zero-order valence-electron chi connectivity index (χ0n) is 11.9. The van der Waals surface area contributed by atoms with E-state index in [9.17, 15) is 4.79 Å². The average Bonchev–Trinajstić information content (AvgIpc) is 2.72. The first-order valence-electron chi connectivity index (χ1n) is 6.85. The third-order valence-electron chi connectivity index (χ3n) is 3.39. The summed E-state index contributed by atoms with van der Waals surface area (Å²) >= 11 is 0. The number of rotatable bonds is 7. The number of esters is 1. The van der Waals surface area contributed by atoms with E-state index in [0.717, 1.165) is 19.6 Å². The first kappa shape index (κ1) is 15.4. The molecule has 5 heteroatoms. The Bertz CT molecular complexity index is 259. The van der Waals surface area contributed by atoms with E-state index in [1.54, 1.807) is 6.92 Å². The van der Waals surface area contributed by atoms with Crippen molar-refractivity contribution in [1.29, 1.82) is 0 Å². The molecule has 0 aromatic heterocycles. The van der Waals surface area contributed by atoms with Gasteiger partial charge < -0.3 is 15.4 Å². The summed E-state index contributed by atoms with van der Waals surface area (Å²) in [4.78, 5) is 16.1. The summed E-state index contributed by atoms with van der Waals surface area (Å²) in [6.45, 7) is 5.29. The maximum Gasteiger partial charge on any atom is 0.322 e. The van der Waals surface area contributed by atoms with Crippen LogP contribution in [-0.4, -0.2) is 68.2 Å². The fourth-order valence-electron chi connectivity index (χ4n) is 2.49. The molecule has 1 heterocycles. The van der Waals surface area contributed by atoms with Crippen molar-refractivity contribution >= 4 is 5.97 Å². The molecule has 5 nitrogen and oxygen atoms in total. The Morgan fingerprint density at radius 1 is 1.56 bits per heavy atom. The summed E-state index contributed by atoms with van der Waals surface area (Å²) in [5.41, 5.74) is 5.82. The molecule has 2 unspecified atom stereocenters. The minimum atomic E-state index is -0.481. The standard InChI is InChI=1S/C13H27N3O2/c1-4-18-13(17)12(14)7-9-16-8-5-6-11(16)10-15(2)3/h11-12H,4-10,14H2,1-3H3. The van der Waals surface area contributed by atoms with Gasteiger partial charge in [-0.1, -0.05) is 0 Å². The van der Waals surface area contributed by atoms with Crippen LogP contribution in [-0.2, 0) is 9.53 Å². The van der Waals surface area contributed by atoms with E-state index in [2.05, 4.69) is 23.9 Å². The third-order valence-corrected chi connectivity index (χ3v) is 3.39. The summed E-state index contributed by atoms with van der Waals surface area (Å²) in [5, 5.41) is 0. The van der Waals surface area contributed by atoms with Crippen molar-refractivity contribution in [3.63, 3.8) is 0 Å². The zero-order chi connectivity index (χ0) is 13.5. The van der Waals surface area contributed by atoms with Crippen LogP contribution in [0, 0.1) is 0 Å². The van der Waals surface area contributed by atoms with Crippen LogP contribution in [0.1, 0.15) is 26.2 Å². The van der Waals surface area contributed by atoms with Crippen molar-refractivity contribution in [3.05, 3.63) is 0 Å². The van der Waals surface area contributed by atoms with E-state index >= 15 is 0 Å². The Hall–Kier alpha value is -0.650. The number of ether oxygens (including phenoxy) is 1. The summed E-state index contributed by atoms with van der Waals surface area (Å²) in [5.74, 6) is -0.277. The van der Waals surface area contributed by atoms with Gasteiger partial charge in [-0.3, -0.25) is 9.69 Å². The van der Waals surface area contributed by atoms with E-state index in [4.69, 9.17) is 10.5 Å². The quantitative estimate of drug-likeness (QED) is 0.665. The van der Waals surface area contributed by atoms with Gasteiger partial charge >= 0.3 is 5.97 Å². The highest BCUT2D eigenvalue weighted by Crippen LogP contribution is 2.18. The Morgan fingerprint density at radius 2 is 2.28 bits per heavy atom. The third kappa shape index (κ3) is 4.92. The van der Waals surface area contributed by atoms with Crippen LogP contribution in [0.5, 0.6) is 0 Å². The smallest absolute Gasteiger partial charge is 0.322 e. The molecule has 18 heavy (non-hydrogen) atoms. The van der Waals surface area contributed by atoms with Crippen molar-refractivity contribution in [1.82, 2.24) is 9.80 Å². The van der Waals surface area contributed by atoms with Crippen LogP contribution in [0.3, 0.4) is 0 Å². The van der Waals surface area contributed by atoms with Crippen molar-refractivity contribution in [2.75, 3.05) is 40.3 Å². The van der Waals surface area contributed by atoms with Gasteiger partial charge in [-0.2, -0.15) is 0 Å². The van der Waals surface area contributed by atoms with Gasteiger partial charge in [0.1, 0.15) is 6.04 Å². The Labute approximate surface area is 110 Å². The number of likely N-dealkylation sites (tertiary alicyclic amines) is 1. The molecule has 0 aliphatic carbocycles. The monoisotopic (exact) mass is 257 g/mol. The molecule has 2 N–H and O–H groups in total. The van der Waals surface area contributed by atoms with Gasteiger partial charge in [0.25, 0.3) is 0 Å². The fraction of sp³-hybridized carbons (Fsp3) is 0.923. The maximum atomic E-state index is 11.4. The number of nitrogens with two attached hydrogens (primary N) is 1. The molecule has 1 aliphatic heterocycles. The molecule has 1 saturated heterocycles. The van der Waals surface area contributed by atoms with E-state index in [1.165, 1.54) is 12.8 Å². The topological polar surface area (TPSA) is 58.8 Å². The van der Waals surface area contributed by atoms with Gasteiger partial charge in [0.05, 0.1) is 6.61 Å². The van der Waals surface area contributed by atoms with Gasteiger partial charge in [-0.15, -0.1) is 0 Å². The van der Waals surface area contributed by atoms with Crippen molar-refractivity contribution in [3.8, 4) is 0 Å². The minimum Gasteiger partial charge on any atom is -0.465 e. The molecule has 0 amide bonds. The second kappa shape index (κ2) is 7.71. The Kier molecular flexibility index (Phi) is 6.60. The summed E-state index contributed by atoms with van der Waals surface area (Å²) in [6.07, 6.45) is 3.17. The van der Waals surface area contributed by atoms with Crippen LogP contribution in [0.4, 0.5) is 0 Å². The van der Waals surface area contributed by atoms with Gasteiger partial charge in [0, 0.05) is 19.1 Å². The second-order valence-electron chi connectivity index (χ2n) is 5.24.